The van der Waals surface area contributed by atoms with Crippen molar-refractivity contribution in [2.75, 3.05) is 27.2 Å². The number of nitrogens with zero attached hydrogens (tertiary/aromatic N) is 2. The molecule has 0 amide bonds. The highest BCUT2D eigenvalue weighted by Gasteiger charge is 2.23. The number of benzene rings is 2. The summed E-state index contributed by atoms with van der Waals surface area (Å²) in [4.78, 5) is 2.40. The number of hydrogen-bond donors (Lipinski definition) is 1. The Morgan fingerprint density at radius 3 is 2.54 bits per heavy atom. The van der Waals surface area contributed by atoms with E-state index in [0.717, 1.165) is 36.9 Å². The average molecular weight is 400 g/mol. The van der Waals surface area contributed by atoms with Crippen LogP contribution in [0.15, 0.2) is 47.4 Å². The van der Waals surface area contributed by atoms with Crippen LogP contribution >= 0.6 is 0 Å². The molecule has 1 aliphatic rings. The van der Waals surface area contributed by atoms with Gasteiger partial charge in [0.25, 0.3) is 0 Å². The van der Waals surface area contributed by atoms with Gasteiger partial charge in [-0.3, -0.25) is 0 Å². The van der Waals surface area contributed by atoms with Gasteiger partial charge in [-0.2, -0.15) is 5.26 Å². The van der Waals surface area contributed by atoms with Gasteiger partial charge in [0.15, 0.2) is 0 Å². The third-order valence-corrected chi connectivity index (χ3v) is 6.72. The van der Waals surface area contributed by atoms with Crippen LogP contribution in [0.3, 0.4) is 0 Å². The zero-order chi connectivity index (χ0) is 20.1. The van der Waals surface area contributed by atoms with Gasteiger partial charge in [-0.15, -0.1) is 0 Å². The maximum absolute atomic E-state index is 12.9. The fraction of sp³-hybridized carbons (Fsp3) is 0.381. The molecule has 1 saturated heterocycles. The molecule has 1 N–H and O–H groups in total. The lowest BCUT2D eigenvalue weighted by Crippen LogP contribution is -2.32. The zero-order valence-electron chi connectivity index (χ0n) is 16.2. The Balaban J connectivity index is 1.80. The second-order valence-electron chi connectivity index (χ2n) is 7.02. The molecule has 0 spiro atoms. The summed E-state index contributed by atoms with van der Waals surface area (Å²) in [6, 6.07) is 14.6. The highest BCUT2D eigenvalue weighted by Crippen LogP contribution is 2.30. The smallest absolute Gasteiger partial charge is 0.244 e. The van der Waals surface area contributed by atoms with Crippen molar-refractivity contribution in [1.82, 2.24) is 9.62 Å². The Hall–Kier alpha value is -2.40. The van der Waals surface area contributed by atoms with Crippen molar-refractivity contribution in [3.05, 3.63) is 48.0 Å². The van der Waals surface area contributed by atoms with Crippen LogP contribution in [0.2, 0.25) is 0 Å². The molecule has 148 valence electrons. The van der Waals surface area contributed by atoms with Crippen molar-refractivity contribution in [3.63, 3.8) is 0 Å². The Morgan fingerprint density at radius 2 is 1.93 bits per heavy atom. The van der Waals surface area contributed by atoms with Crippen molar-refractivity contribution in [2.24, 2.45) is 0 Å². The van der Waals surface area contributed by atoms with Crippen molar-refractivity contribution < 1.29 is 13.2 Å². The van der Waals surface area contributed by atoms with Gasteiger partial charge in [0.1, 0.15) is 10.6 Å². The Kier molecular flexibility index (Phi) is 6.35. The summed E-state index contributed by atoms with van der Waals surface area (Å²) in [6.45, 7) is 1.46. The van der Waals surface area contributed by atoms with E-state index in [1.54, 1.807) is 36.4 Å². The molecule has 28 heavy (non-hydrogen) atoms. The molecule has 0 saturated carbocycles. The standard InChI is InChI=1S/C21H25N3O3S/c1-24-13-3-4-19(24)11-12-23-28(25,26)21-14-18(9-10-20(21)27-2)17-7-5-16(15-22)6-8-17/h5-10,14,19,23H,3-4,11-13H2,1-2H3. The first-order chi connectivity index (χ1) is 13.4. The van der Waals surface area contributed by atoms with Crippen molar-refractivity contribution in [3.8, 4) is 22.9 Å². The Labute approximate surface area is 166 Å². The summed E-state index contributed by atoms with van der Waals surface area (Å²) in [5, 5.41) is 8.94. The first kappa shape index (κ1) is 20.3. The number of methoxy groups -OCH3 is 1. The van der Waals surface area contributed by atoms with Crippen LogP contribution in [0, 0.1) is 11.3 Å². The summed E-state index contributed by atoms with van der Waals surface area (Å²) in [5.74, 6) is 0.308. The number of likely N-dealkylation sites (tertiary alicyclic amines) is 1. The van der Waals surface area contributed by atoms with Crippen molar-refractivity contribution in [2.45, 2.75) is 30.2 Å². The summed E-state index contributed by atoms with van der Waals surface area (Å²) in [6.07, 6.45) is 3.05. The molecule has 3 rings (SSSR count). The van der Waals surface area contributed by atoms with Crippen molar-refractivity contribution in [1.29, 1.82) is 5.26 Å². The van der Waals surface area contributed by atoms with Crippen LogP contribution in [-0.2, 0) is 10.0 Å². The monoisotopic (exact) mass is 399 g/mol. The number of nitriles is 1. The maximum atomic E-state index is 12.9. The Morgan fingerprint density at radius 1 is 1.21 bits per heavy atom. The van der Waals surface area contributed by atoms with Gasteiger partial charge in [-0.1, -0.05) is 18.2 Å². The molecule has 1 atom stereocenters. The number of sulfonamides is 1. The number of hydrogen-bond acceptors (Lipinski definition) is 5. The number of ether oxygens (including phenoxy) is 1. The van der Waals surface area contributed by atoms with E-state index >= 15 is 0 Å². The van der Waals surface area contributed by atoms with Gasteiger partial charge in [0.05, 0.1) is 18.7 Å². The van der Waals surface area contributed by atoms with Gasteiger partial charge in [0.2, 0.25) is 10.0 Å². The normalized spacial score (nSPS) is 17.4. The minimum absolute atomic E-state index is 0.122. The lowest BCUT2D eigenvalue weighted by Gasteiger charge is -2.19. The summed E-state index contributed by atoms with van der Waals surface area (Å²) >= 11 is 0. The van der Waals surface area contributed by atoms with Crippen LogP contribution in [-0.4, -0.2) is 46.6 Å². The fourth-order valence-electron chi connectivity index (χ4n) is 3.59. The molecule has 1 heterocycles. The van der Waals surface area contributed by atoms with E-state index in [4.69, 9.17) is 10.00 Å². The predicted octanol–water partition coefficient (Wildman–Crippen LogP) is 3.00. The molecule has 2 aromatic rings. The second-order valence-corrected chi connectivity index (χ2v) is 8.75. The first-order valence-corrected chi connectivity index (χ1v) is 10.8. The van der Waals surface area contributed by atoms with E-state index in [2.05, 4.69) is 22.7 Å². The fourth-order valence-corrected chi connectivity index (χ4v) is 4.83. The van der Waals surface area contributed by atoms with E-state index in [1.807, 2.05) is 6.07 Å². The van der Waals surface area contributed by atoms with Gasteiger partial charge >= 0.3 is 0 Å². The lowest BCUT2D eigenvalue weighted by atomic mass is 10.0. The van der Waals surface area contributed by atoms with Crippen LogP contribution in [0.5, 0.6) is 5.75 Å². The second kappa shape index (κ2) is 8.74. The van der Waals surface area contributed by atoms with E-state index in [0.29, 0.717) is 23.9 Å². The molecule has 7 heteroatoms. The molecule has 0 aliphatic carbocycles. The minimum Gasteiger partial charge on any atom is -0.495 e. The third kappa shape index (κ3) is 4.53. The van der Waals surface area contributed by atoms with E-state index in [1.165, 1.54) is 7.11 Å². The van der Waals surface area contributed by atoms with E-state index in [9.17, 15) is 8.42 Å². The SMILES string of the molecule is COc1ccc(-c2ccc(C#N)cc2)cc1S(=O)(=O)NCCC1CCCN1C. The van der Waals surface area contributed by atoms with Crippen LogP contribution in [0.1, 0.15) is 24.8 Å². The third-order valence-electron chi connectivity index (χ3n) is 5.24. The molecule has 1 aliphatic heterocycles. The van der Waals surface area contributed by atoms with Gasteiger partial charge in [0, 0.05) is 12.6 Å². The summed E-state index contributed by atoms with van der Waals surface area (Å²) in [5.41, 5.74) is 2.15. The Bertz CT molecular complexity index is 965. The maximum Gasteiger partial charge on any atom is 0.244 e. The van der Waals surface area contributed by atoms with E-state index < -0.39 is 10.0 Å². The summed E-state index contributed by atoms with van der Waals surface area (Å²) in [7, 11) is -0.160. The number of nitrogens with one attached hydrogen (secondary N) is 1. The first-order valence-electron chi connectivity index (χ1n) is 9.33. The largest absolute Gasteiger partial charge is 0.495 e. The van der Waals surface area contributed by atoms with Crippen molar-refractivity contribution >= 4 is 10.0 Å². The summed E-state index contributed by atoms with van der Waals surface area (Å²) < 4.78 is 33.8. The molecule has 2 aromatic carbocycles. The molecule has 0 bridgehead atoms. The molecule has 1 fully saturated rings. The number of rotatable bonds is 7. The quantitative estimate of drug-likeness (QED) is 0.774. The molecular weight excluding hydrogens is 374 g/mol. The van der Waals surface area contributed by atoms with Gasteiger partial charge in [-0.05, 0) is 68.2 Å². The molecular formula is C21H25N3O3S. The zero-order valence-corrected chi connectivity index (χ0v) is 17.0. The highest BCUT2D eigenvalue weighted by molar-refractivity contribution is 7.89. The predicted molar refractivity (Wildman–Crippen MR) is 109 cm³/mol. The molecule has 0 radical (unpaired) electrons. The van der Waals surface area contributed by atoms with Crippen LogP contribution in [0.25, 0.3) is 11.1 Å². The van der Waals surface area contributed by atoms with Gasteiger partial charge in [-0.25, -0.2) is 13.1 Å². The van der Waals surface area contributed by atoms with E-state index in [-0.39, 0.29) is 4.90 Å². The molecule has 1 unspecified atom stereocenters. The molecule has 6 nitrogen and oxygen atoms in total. The lowest BCUT2D eigenvalue weighted by molar-refractivity contribution is 0.297. The van der Waals surface area contributed by atoms with Gasteiger partial charge < -0.3 is 9.64 Å². The highest BCUT2D eigenvalue weighted by atomic mass is 32.2. The minimum atomic E-state index is -3.70. The molecule has 0 aromatic heterocycles. The average Bonchev–Trinajstić information content (AvgIpc) is 3.12. The van der Waals surface area contributed by atoms with Crippen LogP contribution in [0.4, 0.5) is 0 Å². The van der Waals surface area contributed by atoms with Crippen LogP contribution < -0.4 is 9.46 Å². The topological polar surface area (TPSA) is 82.4 Å².